The molecule has 2 aromatic carbocycles. The maximum absolute atomic E-state index is 13.5. The molecule has 5 nitrogen and oxygen atoms in total. The zero-order valence-electron chi connectivity index (χ0n) is 22.9. The van der Waals surface area contributed by atoms with Crippen molar-refractivity contribution in [2.75, 3.05) is 39.3 Å². The van der Waals surface area contributed by atoms with Gasteiger partial charge in [-0.3, -0.25) is 9.59 Å². The largest absolute Gasteiger partial charge is 0.341 e. The zero-order valence-corrected chi connectivity index (χ0v) is 24.5. The summed E-state index contributed by atoms with van der Waals surface area (Å²) in [6.07, 6.45) is 4.69. The van der Waals surface area contributed by atoms with Crippen LogP contribution < -0.4 is 0 Å². The Morgan fingerprint density at radius 2 is 1.61 bits per heavy atom. The fourth-order valence-corrected chi connectivity index (χ4v) is 7.29. The van der Waals surface area contributed by atoms with E-state index in [-0.39, 0.29) is 11.3 Å². The number of hydrogen-bond donors (Lipinski definition) is 0. The first-order valence-electron chi connectivity index (χ1n) is 14.5. The molecule has 0 unspecified atom stereocenters. The molecule has 3 aliphatic heterocycles. The first-order chi connectivity index (χ1) is 18.4. The third kappa shape index (κ3) is 5.72. The lowest BCUT2D eigenvalue weighted by atomic mass is 9.76. The summed E-state index contributed by atoms with van der Waals surface area (Å²) in [4.78, 5) is 33.6. The molecule has 3 heterocycles. The highest BCUT2D eigenvalue weighted by Crippen LogP contribution is 2.43. The van der Waals surface area contributed by atoms with Crippen molar-refractivity contribution in [3.05, 3.63) is 70.2 Å². The Labute approximate surface area is 236 Å². The van der Waals surface area contributed by atoms with Gasteiger partial charge < -0.3 is 14.7 Å². The molecule has 3 saturated heterocycles. The highest BCUT2D eigenvalue weighted by atomic mass is 79.9. The number of piperidine rings is 1. The van der Waals surface area contributed by atoms with Gasteiger partial charge in [-0.25, -0.2) is 0 Å². The van der Waals surface area contributed by atoms with E-state index in [0.717, 1.165) is 75.8 Å². The van der Waals surface area contributed by atoms with Crippen molar-refractivity contribution in [2.24, 2.45) is 17.3 Å². The van der Waals surface area contributed by atoms with Gasteiger partial charge in [-0.15, -0.1) is 0 Å². The van der Waals surface area contributed by atoms with E-state index in [1.165, 1.54) is 11.1 Å². The van der Waals surface area contributed by atoms with Gasteiger partial charge in [-0.2, -0.15) is 0 Å². The standard InChI is InChI=1S/C32H42BrN3O2/c1-3-25(4-2)30(37)36-22-27(29(23-36)26-8-6-5-7-9-26)21-34-17-14-32(15-18-34)16-19-35(31(32)38)20-24-10-12-28(33)13-11-24/h5-13,25,27,29H,3-4,14-23H2,1-2H3/t27-,29+/m0/s1. The predicted molar refractivity (Wildman–Crippen MR) is 156 cm³/mol. The summed E-state index contributed by atoms with van der Waals surface area (Å²) in [6.45, 7) is 10.4. The minimum Gasteiger partial charge on any atom is -0.341 e. The second-order valence-corrected chi connectivity index (χ2v) is 12.6. The molecule has 38 heavy (non-hydrogen) atoms. The maximum atomic E-state index is 13.5. The van der Waals surface area contributed by atoms with Gasteiger partial charge in [0.2, 0.25) is 11.8 Å². The van der Waals surface area contributed by atoms with Crippen molar-refractivity contribution < 1.29 is 9.59 Å². The van der Waals surface area contributed by atoms with Crippen LogP contribution in [0, 0.1) is 17.3 Å². The molecule has 0 aliphatic carbocycles. The van der Waals surface area contributed by atoms with Gasteiger partial charge in [0.25, 0.3) is 0 Å². The summed E-state index contributed by atoms with van der Waals surface area (Å²) in [5, 5.41) is 0. The smallest absolute Gasteiger partial charge is 0.229 e. The van der Waals surface area contributed by atoms with Crippen molar-refractivity contribution in [3.63, 3.8) is 0 Å². The lowest BCUT2D eigenvalue weighted by Crippen LogP contribution is -2.46. The van der Waals surface area contributed by atoms with Crippen LogP contribution in [-0.2, 0) is 16.1 Å². The number of halogens is 1. The quantitative estimate of drug-likeness (QED) is 0.388. The van der Waals surface area contributed by atoms with E-state index in [2.05, 4.69) is 99.1 Å². The van der Waals surface area contributed by atoms with Crippen LogP contribution in [0.4, 0.5) is 0 Å². The highest BCUT2D eigenvalue weighted by Gasteiger charge is 2.48. The number of hydrogen-bond acceptors (Lipinski definition) is 3. The minimum atomic E-state index is -0.183. The SMILES string of the molecule is CCC(CC)C(=O)N1C[C@H](CN2CCC3(CC2)CCN(Cc2ccc(Br)cc2)C3=O)[C@@H](c2ccccc2)C1. The molecule has 0 saturated carbocycles. The topological polar surface area (TPSA) is 43.9 Å². The van der Waals surface area contributed by atoms with E-state index in [4.69, 9.17) is 0 Å². The van der Waals surface area contributed by atoms with Crippen LogP contribution in [0.1, 0.15) is 63.0 Å². The molecule has 3 aliphatic rings. The lowest BCUT2D eigenvalue weighted by molar-refractivity contribution is -0.139. The van der Waals surface area contributed by atoms with Crippen LogP contribution in [0.25, 0.3) is 0 Å². The van der Waals surface area contributed by atoms with Gasteiger partial charge in [-0.05, 0) is 74.4 Å². The van der Waals surface area contributed by atoms with Crippen LogP contribution in [0.5, 0.6) is 0 Å². The normalized spacial score (nSPS) is 23.6. The summed E-state index contributed by atoms with van der Waals surface area (Å²) in [5.41, 5.74) is 2.36. The number of amides is 2. The van der Waals surface area contributed by atoms with Crippen LogP contribution in [0.3, 0.4) is 0 Å². The average molecular weight is 581 g/mol. The molecule has 0 aromatic heterocycles. The fraction of sp³-hybridized carbons (Fsp3) is 0.562. The minimum absolute atomic E-state index is 0.133. The van der Waals surface area contributed by atoms with Crippen molar-refractivity contribution in [1.29, 1.82) is 0 Å². The van der Waals surface area contributed by atoms with Gasteiger partial charge in [0.05, 0.1) is 5.41 Å². The molecular weight excluding hydrogens is 538 g/mol. The summed E-state index contributed by atoms with van der Waals surface area (Å²) in [5.74, 6) is 1.62. The van der Waals surface area contributed by atoms with Gasteiger partial charge in [0.15, 0.2) is 0 Å². The third-order valence-electron chi connectivity index (χ3n) is 9.51. The maximum Gasteiger partial charge on any atom is 0.229 e. The van der Waals surface area contributed by atoms with Crippen molar-refractivity contribution in [1.82, 2.24) is 14.7 Å². The molecule has 2 aromatic rings. The van der Waals surface area contributed by atoms with Crippen LogP contribution in [-0.4, -0.2) is 65.8 Å². The van der Waals surface area contributed by atoms with E-state index in [9.17, 15) is 9.59 Å². The summed E-state index contributed by atoms with van der Waals surface area (Å²) >= 11 is 3.50. The van der Waals surface area contributed by atoms with Crippen LogP contribution >= 0.6 is 15.9 Å². The Kier molecular flexibility index (Phi) is 8.59. The van der Waals surface area contributed by atoms with E-state index < -0.39 is 0 Å². The number of nitrogens with zero attached hydrogens (tertiary/aromatic N) is 3. The van der Waals surface area contributed by atoms with Gasteiger partial charge in [0, 0.05) is 49.0 Å². The molecule has 1 spiro atoms. The Morgan fingerprint density at radius 3 is 2.26 bits per heavy atom. The molecule has 0 radical (unpaired) electrons. The van der Waals surface area contributed by atoms with E-state index in [1.54, 1.807) is 0 Å². The molecule has 2 atom stereocenters. The first kappa shape index (κ1) is 27.4. The van der Waals surface area contributed by atoms with Crippen molar-refractivity contribution in [2.45, 2.75) is 58.4 Å². The van der Waals surface area contributed by atoms with Crippen molar-refractivity contribution >= 4 is 27.7 Å². The van der Waals surface area contributed by atoms with Gasteiger partial charge in [0.1, 0.15) is 0 Å². The molecule has 0 N–H and O–H groups in total. The molecule has 5 rings (SSSR count). The Bertz CT molecular complexity index is 1090. The summed E-state index contributed by atoms with van der Waals surface area (Å²) < 4.78 is 1.07. The number of benzene rings is 2. The van der Waals surface area contributed by atoms with E-state index in [0.29, 0.717) is 30.2 Å². The molecular formula is C32H42BrN3O2. The van der Waals surface area contributed by atoms with E-state index in [1.807, 2.05) is 0 Å². The molecule has 3 fully saturated rings. The second-order valence-electron chi connectivity index (χ2n) is 11.7. The Balaban J connectivity index is 1.21. The first-order valence-corrected chi connectivity index (χ1v) is 15.3. The molecule has 2 amide bonds. The summed E-state index contributed by atoms with van der Waals surface area (Å²) in [6, 6.07) is 19.1. The van der Waals surface area contributed by atoms with Crippen LogP contribution in [0.15, 0.2) is 59.1 Å². The Hall–Kier alpha value is -2.18. The third-order valence-corrected chi connectivity index (χ3v) is 10.0. The zero-order chi connectivity index (χ0) is 26.7. The highest BCUT2D eigenvalue weighted by molar-refractivity contribution is 9.10. The average Bonchev–Trinajstić information content (AvgIpc) is 3.49. The lowest BCUT2D eigenvalue weighted by Gasteiger charge is -2.39. The van der Waals surface area contributed by atoms with Crippen molar-refractivity contribution in [3.8, 4) is 0 Å². The van der Waals surface area contributed by atoms with Gasteiger partial charge >= 0.3 is 0 Å². The Morgan fingerprint density at radius 1 is 0.947 bits per heavy atom. The predicted octanol–water partition coefficient (Wildman–Crippen LogP) is 5.94. The van der Waals surface area contributed by atoms with E-state index >= 15 is 0 Å². The number of likely N-dealkylation sites (tertiary alicyclic amines) is 3. The van der Waals surface area contributed by atoms with Gasteiger partial charge in [-0.1, -0.05) is 72.2 Å². The fourth-order valence-electron chi connectivity index (χ4n) is 7.02. The summed E-state index contributed by atoms with van der Waals surface area (Å²) in [7, 11) is 0. The molecule has 0 bridgehead atoms. The monoisotopic (exact) mass is 579 g/mol. The second kappa shape index (κ2) is 11.9. The number of carbonyl (C=O) groups excluding carboxylic acids is 2. The number of carbonyl (C=O) groups is 2. The van der Waals surface area contributed by atoms with Crippen LogP contribution in [0.2, 0.25) is 0 Å². The molecule has 204 valence electrons. The molecule has 6 heteroatoms. The number of rotatable bonds is 8.